The Labute approximate surface area is 139 Å². The predicted molar refractivity (Wildman–Crippen MR) is 85.3 cm³/mol. The van der Waals surface area contributed by atoms with E-state index >= 15 is 0 Å². The van der Waals surface area contributed by atoms with E-state index in [4.69, 9.17) is 4.74 Å². The van der Waals surface area contributed by atoms with E-state index in [9.17, 15) is 18.0 Å². The van der Waals surface area contributed by atoms with Crippen LogP contribution in [0, 0.1) is 23.4 Å². The van der Waals surface area contributed by atoms with Crippen LogP contribution in [0.25, 0.3) is 0 Å². The lowest BCUT2D eigenvalue weighted by molar-refractivity contribution is 0.0519. The number of hydrogen-bond acceptors (Lipinski definition) is 3. The van der Waals surface area contributed by atoms with E-state index in [-0.39, 0.29) is 17.6 Å². The number of rotatable bonds is 4. The molecule has 1 amide bonds. The van der Waals surface area contributed by atoms with Crippen molar-refractivity contribution >= 4 is 11.8 Å². The summed E-state index contributed by atoms with van der Waals surface area (Å²) in [6.07, 6.45) is 1.93. The quantitative estimate of drug-likeness (QED) is 0.805. The molecule has 1 aliphatic rings. The van der Waals surface area contributed by atoms with Crippen molar-refractivity contribution < 1.29 is 22.7 Å². The van der Waals surface area contributed by atoms with Gasteiger partial charge < -0.3 is 15.4 Å². The van der Waals surface area contributed by atoms with E-state index < -0.39 is 29.1 Å². The molecule has 2 atom stereocenters. The van der Waals surface area contributed by atoms with Crippen LogP contribution < -0.4 is 10.6 Å². The Hall–Kier alpha value is -1.92. The molecule has 1 saturated carbocycles. The highest BCUT2D eigenvalue weighted by Crippen LogP contribution is 2.30. The van der Waals surface area contributed by atoms with E-state index in [1.165, 1.54) is 0 Å². The monoisotopic (exact) mass is 344 g/mol. The van der Waals surface area contributed by atoms with E-state index in [0.717, 1.165) is 25.3 Å². The third-order valence-electron chi connectivity index (χ3n) is 3.90. The fourth-order valence-electron chi connectivity index (χ4n) is 2.86. The highest BCUT2D eigenvalue weighted by molar-refractivity contribution is 5.67. The predicted octanol–water partition coefficient (Wildman–Crippen LogP) is 4.21. The molecule has 7 heteroatoms. The smallest absolute Gasteiger partial charge is 0.407 e. The summed E-state index contributed by atoms with van der Waals surface area (Å²) in [6.45, 7) is 5.67. The van der Waals surface area contributed by atoms with Crippen LogP contribution in [0.1, 0.15) is 40.0 Å². The van der Waals surface area contributed by atoms with Gasteiger partial charge in [-0.25, -0.2) is 18.0 Å². The molecule has 0 saturated heterocycles. The molecule has 0 bridgehead atoms. The van der Waals surface area contributed by atoms with Gasteiger partial charge in [-0.2, -0.15) is 0 Å². The maximum Gasteiger partial charge on any atom is 0.407 e. The Morgan fingerprint density at radius 3 is 2.62 bits per heavy atom. The average molecular weight is 344 g/mol. The van der Waals surface area contributed by atoms with Gasteiger partial charge in [0.25, 0.3) is 0 Å². The molecule has 2 unspecified atom stereocenters. The zero-order valence-corrected chi connectivity index (χ0v) is 14.1. The maximum atomic E-state index is 13.8. The highest BCUT2D eigenvalue weighted by atomic mass is 19.2. The first-order chi connectivity index (χ1) is 11.2. The molecule has 1 fully saturated rings. The highest BCUT2D eigenvalue weighted by Gasteiger charge is 2.29. The number of ether oxygens (including phenoxy) is 1. The van der Waals surface area contributed by atoms with Crippen molar-refractivity contribution in [3.8, 4) is 0 Å². The van der Waals surface area contributed by atoms with Gasteiger partial charge in [-0.15, -0.1) is 0 Å². The van der Waals surface area contributed by atoms with Crippen molar-refractivity contribution in [2.45, 2.75) is 51.7 Å². The van der Waals surface area contributed by atoms with E-state index in [1.807, 2.05) is 0 Å². The van der Waals surface area contributed by atoms with Crippen molar-refractivity contribution in [1.82, 2.24) is 5.32 Å². The number of nitrogens with one attached hydrogen (secondary N) is 2. The van der Waals surface area contributed by atoms with Crippen molar-refractivity contribution in [2.24, 2.45) is 5.92 Å². The van der Waals surface area contributed by atoms with Crippen LogP contribution in [0.3, 0.4) is 0 Å². The second-order valence-corrected chi connectivity index (χ2v) is 7.07. The molecule has 2 N–H and O–H groups in total. The second-order valence-electron chi connectivity index (χ2n) is 7.07. The van der Waals surface area contributed by atoms with Gasteiger partial charge in [0, 0.05) is 24.7 Å². The normalized spacial score (nSPS) is 20.8. The molecule has 1 aliphatic carbocycles. The molecule has 0 spiro atoms. The summed E-state index contributed by atoms with van der Waals surface area (Å²) in [5, 5.41) is 5.56. The number of carbonyl (C=O) groups is 1. The fourth-order valence-corrected chi connectivity index (χ4v) is 2.86. The molecular weight excluding hydrogens is 321 g/mol. The number of carbonyl (C=O) groups excluding carboxylic acids is 1. The molecule has 2 rings (SSSR count). The SMILES string of the molecule is CC(C)(C)OC(=O)NCC1CCCC1Nc1cc(F)cc(F)c1F. The first-order valence-electron chi connectivity index (χ1n) is 8.03. The minimum absolute atomic E-state index is 0.0308. The van der Waals surface area contributed by atoms with Crippen LogP contribution in [0.5, 0.6) is 0 Å². The summed E-state index contributed by atoms with van der Waals surface area (Å²) in [5.41, 5.74) is -0.777. The Balaban J connectivity index is 1.95. The minimum Gasteiger partial charge on any atom is -0.444 e. The van der Waals surface area contributed by atoms with Gasteiger partial charge in [0.2, 0.25) is 0 Å². The summed E-state index contributed by atoms with van der Waals surface area (Å²) < 4.78 is 45.5. The molecule has 134 valence electrons. The molecule has 24 heavy (non-hydrogen) atoms. The van der Waals surface area contributed by atoms with Crippen molar-refractivity contribution in [3.63, 3.8) is 0 Å². The summed E-state index contributed by atoms with van der Waals surface area (Å²) in [5.74, 6) is -3.12. The van der Waals surface area contributed by atoms with Crippen molar-refractivity contribution in [1.29, 1.82) is 0 Å². The standard InChI is InChI=1S/C17H23F3N2O2/c1-17(2,3)24-16(23)21-9-10-5-4-6-13(10)22-14-8-11(18)7-12(19)15(14)20/h7-8,10,13,22H,4-6,9H2,1-3H3,(H,21,23). The Morgan fingerprint density at radius 1 is 1.25 bits per heavy atom. The Morgan fingerprint density at radius 2 is 1.96 bits per heavy atom. The third kappa shape index (κ3) is 5.04. The number of hydrogen-bond donors (Lipinski definition) is 2. The van der Waals surface area contributed by atoms with Gasteiger partial charge in [0.05, 0.1) is 5.69 Å². The lowest BCUT2D eigenvalue weighted by Gasteiger charge is -2.24. The second kappa shape index (κ2) is 7.32. The van der Waals surface area contributed by atoms with Crippen LogP contribution in [0.15, 0.2) is 12.1 Å². The van der Waals surface area contributed by atoms with Crippen LogP contribution in [-0.4, -0.2) is 24.3 Å². The van der Waals surface area contributed by atoms with Gasteiger partial charge in [-0.05, 0) is 39.5 Å². The first-order valence-corrected chi connectivity index (χ1v) is 8.03. The van der Waals surface area contributed by atoms with Crippen molar-refractivity contribution in [2.75, 3.05) is 11.9 Å². The van der Waals surface area contributed by atoms with Crippen LogP contribution in [0.4, 0.5) is 23.7 Å². The number of alkyl carbamates (subject to hydrolysis) is 1. The lowest BCUT2D eigenvalue weighted by Crippen LogP contribution is -2.38. The molecule has 0 radical (unpaired) electrons. The zero-order valence-electron chi connectivity index (χ0n) is 14.1. The summed E-state index contributed by atoms with van der Waals surface area (Å²) >= 11 is 0. The van der Waals surface area contributed by atoms with Gasteiger partial charge in [-0.3, -0.25) is 0 Å². The Kier molecular flexibility index (Phi) is 5.62. The van der Waals surface area contributed by atoms with Crippen LogP contribution in [0.2, 0.25) is 0 Å². The third-order valence-corrected chi connectivity index (χ3v) is 3.90. The van der Waals surface area contributed by atoms with E-state index in [0.29, 0.717) is 12.6 Å². The summed E-state index contributed by atoms with van der Waals surface area (Å²) in [7, 11) is 0. The molecular formula is C17H23F3N2O2. The molecule has 0 aromatic heterocycles. The topological polar surface area (TPSA) is 50.4 Å². The van der Waals surface area contributed by atoms with Crippen LogP contribution >= 0.6 is 0 Å². The fraction of sp³-hybridized carbons (Fsp3) is 0.588. The van der Waals surface area contributed by atoms with E-state index in [2.05, 4.69) is 10.6 Å². The molecule has 0 heterocycles. The minimum atomic E-state index is -1.22. The van der Waals surface area contributed by atoms with Crippen LogP contribution in [-0.2, 0) is 4.74 Å². The Bertz CT molecular complexity index is 602. The number of anilines is 1. The van der Waals surface area contributed by atoms with Crippen molar-refractivity contribution in [3.05, 3.63) is 29.6 Å². The number of halogens is 3. The number of amides is 1. The zero-order chi connectivity index (χ0) is 17.9. The van der Waals surface area contributed by atoms with Gasteiger partial charge in [0.1, 0.15) is 11.4 Å². The molecule has 4 nitrogen and oxygen atoms in total. The maximum absolute atomic E-state index is 13.8. The molecule has 1 aromatic rings. The average Bonchev–Trinajstić information content (AvgIpc) is 2.87. The van der Waals surface area contributed by atoms with Gasteiger partial charge in [-0.1, -0.05) is 6.42 Å². The number of benzene rings is 1. The lowest BCUT2D eigenvalue weighted by atomic mass is 10.0. The summed E-state index contributed by atoms with van der Waals surface area (Å²) in [4.78, 5) is 11.7. The summed E-state index contributed by atoms with van der Waals surface area (Å²) in [6, 6.07) is 1.28. The largest absolute Gasteiger partial charge is 0.444 e. The molecule has 0 aliphatic heterocycles. The molecule has 1 aromatic carbocycles. The van der Waals surface area contributed by atoms with Gasteiger partial charge >= 0.3 is 6.09 Å². The van der Waals surface area contributed by atoms with Gasteiger partial charge in [0.15, 0.2) is 11.6 Å². The first kappa shape index (κ1) is 18.4. The van der Waals surface area contributed by atoms with E-state index in [1.54, 1.807) is 20.8 Å².